The Morgan fingerprint density at radius 2 is 2.00 bits per heavy atom. The van der Waals surface area contributed by atoms with Gasteiger partial charge < -0.3 is 13.9 Å². The summed E-state index contributed by atoms with van der Waals surface area (Å²) in [7, 11) is 0. The van der Waals surface area contributed by atoms with E-state index < -0.39 is 0 Å². The molecule has 3 aromatic rings. The number of imidazole rings is 1. The van der Waals surface area contributed by atoms with Crippen LogP contribution < -0.4 is 0 Å². The second kappa shape index (κ2) is 5.74. The Morgan fingerprint density at radius 1 is 1.14 bits per heavy atom. The van der Waals surface area contributed by atoms with Crippen molar-refractivity contribution in [1.29, 1.82) is 0 Å². The molecule has 114 valence electrons. The quantitative estimate of drug-likeness (QED) is 0.739. The van der Waals surface area contributed by atoms with Gasteiger partial charge in [-0.25, -0.2) is 9.97 Å². The molecule has 0 unspecified atom stereocenters. The van der Waals surface area contributed by atoms with Gasteiger partial charge in [-0.3, -0.25) is 0 Å². The number of fused-ring (bicyclic) bond motifs is 1. The van der Waals surface area contributed by atoms with Crippen LogP contribution >= 0.6 is 11.6 Å². The van der Waals surface area contributed by atoms with Gasteiger partial charge >= 0.3 is 0 Å². The molecule has 4 heterocycles. The summed E-state index contributed by atoms with van der Waals surface area (Å²) < 4.78 is 7.68. The first-order valence-electron chi connectivity index (χ1n) is 7.60. The molecule has 0 N–H and O–H groups in total. The molecule has 0 aromatic carbocycles. The lowest BCUT2D eigenvalue weighted by Gasteiger charge is -2.15. The minimum atomic E-state index is 0.376. The maximum absolute atomic E-state index is 5.91. The van der Waals surface area contributed by atoms with Crippen LogP contribution in [0.1, 0.15) is 12.8 Å². The molecular weight excluding hydrogens is 300 g/mol. The summed E-state index contributed by atoms with van der Waals surface area (Å²) in [5.74, 6) is 1.48. The van der Waals surface area contributed by atoms with Gasteiger partial charge in [0.1, 0.15) is 5.52 Å². The zero-order valence-corrected chi connectivity index (χ0v) is 13.0. The van der Waals surface area contributed by atoms with Gasteiger partial charge in [-0.05, 0) is 61.8 Å². The molecule has 0 saturated carbocycles. The Balaban J connectivity index is 1.72. The number of hydrogen-bond acceptors (Lipinski definition) is 4. The summed E-state index contributed by atoms with van der Waals surface area (Å²) in [5, 5.41) is 0.376. The van der Waals surface area contributed by atoms with E-state index in [0.29, 0.717) is 11.0 Å². The lowest BCUT2D eigenvalue weighted by atomic mass is 10.4. The summed E-state index contributed by atoms with van der Waals surface area (Å²) >= 11 is 5.91. The van der Waals surface area contributed by atoms with Gasteiger partial charge in [0.05, 0.1) is 0 Å². The molecule has 3 aromatic heterocycles. The third-order valence-electron chi connectivity index (χ3n) is 4.14. The van der Waals surface area contributed by atoms with Gasteiger partial charge in [0.2, 0.25) is 0 Å². The first kappa shape index (κ1) is 13.8. The Bertz CT molecular complexity index is 788. The number of furan rings is 1. The summed E-state index contributed by atoms with van der Waals surface area (Å²) in [5.41, 5.74) is 1.77. The number of aromatic nitrogens is 3. The van der Waals surface area contributed by atoms with Crippen molar-refractivity contribution in [3.63, 3.8) is 0 Å². The third kappa shape index (κ3) is 2.51. The zero-order chi connectivity index (χ0) is 14.9. The molecule has 4 rings (SSSR count). The lowest BCUT2D eigenvalue weighted by Crippen LogP contribution is -2.24. The van der Waals surface area contributed by atoms with Crippen molar-refractivity contribution in [3.8, 4) is 11.6 Å². The van der Waals surface area contributed by atoms with Crippen LogP contribution in [0.4, 0.5) is 0 Å². The molecule has 0 atom stereocenters. The number of nitrogens with zero attached hydrogens (tertiary/aromatic N) is 4. The van der Waals surface area contributed by atoms with E-state index in [1.165, 1.54) is 25.9 Å². The van der Waals surface area contributed by atoms with E-state index in [4.69, 9.17) is 16.0 Å². The Hall–Kier alpha value is -1.85. The molecular formula is C16H17ClN4O. The van der Waals surface area contributed by atoms with Crippen LogP contribution in [-0.4, -0.2) is 39.1 Å². The van der Waals surface area contributed by atoms with E-state index in [-0.39, 0.29) is 0 Å². The molecule has 0 amide bonds. The number of pyridine rings is 1. The van der Waals surface area contributed by atoms with E-state index in [1.807, 2.05) is 18.2 Å². The average molecular weight is 317 g/mol. The van der Waals surface area contributed by atoms with Crippen molar-refractivity contribution in [2.75, 3.05) is 19.6 Å². The van der Waals surface area contributed by atoms with Gasteiger partial charge in [-0.2, -0.15) is 0 Å². The monoisotopic (exact) mass is 316 g/mol. The molecule has 22 heavy (non-hydrogen) atoms. The molecule has 1 saturated heterocycles. The van der Waals surface area contributed by atoms with Crippen LogP contribution in [0, 0.1) is 0 Å². The lowest BCUT2D eigenvalue weighted by molar-refractivity contribution is 0.324. The highest BCUT2D eigenvalue weighted by molar-refractivity contribution is 6.28. The Kier molecular flexibility index (Phi) is 3.60. The highest BCUT2D eigenvalue weighted by Crippen LogP contribution is 2.27. The molecule has 0 aliphatic carbocycles. The molecule has 0 bridgehead atoms. The summed E-state index contributed by atoms with van der Waals surface area (Å²) in [6.07, 6.45) is 4.39. The summed E-state index contributed by atoms with van der Waals surface area (Å²) in [6, 6.07) is 7.48. The second-order valence-electron chi connectivity index (χ2n) is 5.59. The molecule has 0 spiro atoms. The van der Waals surface area contributed by atoms with Crippen molar-refractivity contribution < 1.29 is 4.42 Å². The predicted molar refractivity (Wildman–Crippen MR) is 85.9 cm³/mol. The van der Waals surface area contributed by atoms with Gasteiger partial charge in [-0.15, -0.1) is 0 Å². The van der Waals surface area contributed by atoms with Crippen molar-refractivity contribution in [2.45, 2.75) is 19.4 Å². The van der Waals surface area contributed by atoms with Gasteiger partial charge in [0.25, 0.3) is 0 Å². The SMILES string of the molecule is Clc1ccc(-c2nc3cccnc3n2CCN2CCCC2)o1. The van der Waals surface area contributed by atoms with Crippen LogP contribution in [0.3, 0.4) is 0 Å². The van der Waals surface area contributed by atoms with Crippen LogP contribution in [0.25, 0.3) is 22.7 Å². The van der Waals surface area contributed by atoms with Crippen molar-refractivity contribution >= 4 is 22.8 Å². The maximum Gasteiger partial charge on any atom is 0.194 e. The predicted octanol–water partition coefficient (Wildman–Crippen LogP) is 3.44. The van der Waals surface area contributed by atoms with Gasteiger partial charge in [-0.1, -0.05) is 0 Å². The Morgan fingerprint density at radius 3 is 2.77 bits per heavy atom. The second-order valence-corrected chi connectivity index (χ2v) is 5.96. The molecule has 5 nitrogen and oxygen atoms in total. The van der Waals surface area contributed by atoms with E-state index in [9.17, 15) is 0 Å². The molecule has 0 radical (unpaired) electrons. The fourth-order valence-electron chi connectivity index (χ4n) is 3.04. The molecule has 1 aliphatic heterocycles. The van der Waals surface area contributed by atoms with Crippen LogP contribution in [-0.2, 0) is 6.54 Å². The first-order chi connectivity index (χ1) is 10.8. The average Bonchev–Trinajstić information content (AvgIpc) is 3.24. The number of halogens is 1. The molecule has 6 heteroatoms. The van der Waals surface area contributed by atoms with E-state index in [0.717, 1.165) is 30.1 Å². The Labute approximate surface area is 133 Å². The fraction of sp³-hybridized carbons (Fsp3) is 0.375. The largest absolute Gasteiger partial charge is 0.441 e. The third-order valence-corrected chi connectivity index (χ3v) is 4.34. The summed E-state index contributed by atoms with van der Waals surface area (Å²) in [6.45, 7) is 4.22. The van der Waals surface area contributed by atoms with E-state index in [2.05, 4.69) is 19.4 Å². The normalized spacial score (nSPS) is 15.9. The highest BCUT2D eigenvalue weighted by Gasteiger charge is 2.18. The highest BCUT2D eigenvalue weighted by atomic mass is 35.5. The standard InChI is InChI=1S/C16H17ClN4O/c17-14-6-5-13(22-14)16-19-12-4-3-7-18-15(12)21(16)11-10-20-8-1-2-9-20/h3-7H,1-2,8-11H2. The smallest absolute Gasteiger partial charge is 0.194 e. The number of rotatable bonds is 4. The van der Waals surface area contributed by atoms with Crippen molar-refractivity contribution in [3.05, 3.63) is 35.7 Å². The summed E-state index contributed by atoms with van der Waals surface area (Å²) in [4.78, 5) is 11.6. The number of likely N-dealkylation sites (tertiary alicyclic amines) is 1. The minimum absolute atomic E-state index is 0.376. The van der Waals surface area contributed by atoms with Crippen LogP contribution in [0.15, 0.2) is 34.9 Å². The van der Waals surface area contributed by atoms with Gasteiger partial charge in [0, 0.05) is 19.3 Å². The van der Waals surface area contributed by atoms with E-state index >= 15 is 0 Å². The number of hydrogen-bond donors (Lipinski definition) is 0. The van der Waals surface area contributed by atoms with Crippen molar-refractivity contribution in [1.82, 2.24) is 19.4 Å². The molecule has 1 fully saturated rings. The minimum Gasteiger partial charge on any atom is -0.441 e. The van der Waals surface area contributed by atoms with Gasteiger partial charge in [0.15, 0.2) is 22.5 Å². The first-order valence-corrected chi connectivity index (χ1v) is 7.98. The van der Waals surface area contributed by atoms with Crippen LogP contribution in [0.2, 0.25) is 5.22 Å². The van der Waals surface area contributed by atoms with Crippen LogP contribution in [0.5, 0.6) is 0 Å². The topological polar surface area (TPSA) is 47.1 Å². The van der Waals surface area contributed by atoms with Crippen molar-refractivity contribution in [2.24, 2.45) is 0 Å². The maximum atomic E-state index is 5.91. The fourth-order valence-corrected chi connectivity index (χ4v) is 3.19. The van der Waals surface area contributed by atoms with E-state index in [1.54, 1.807) is 12.3 Å². The molecule has 1 aliphatic rings. The zero-order valence-electron chi connectivity index (χ0n) is 12.2.